The van der Waals surface area contributed by atoms with Gasteiger partial charge in [-0.25, -0.2) is 8.78 Å². The number of benzene rings is 1. The van der Waals surface area contributed by atoms with Gasteiger partial charge in [-0.1, -0.05) is 20.8 Å². The van der Waals surface area contributed by atoms with Gasteiger partial charge < -0.3 is 5.11 Å². The molecule has 1 aromatic carbocycles. The van der Waals surface area contributed by atoms with E-state index in [1.54, 1.807) is 20.8 Å². The summed E-state index contributed by atoms with van der Waals surface area (Å²) in [6, 6.07) is 2.43. The second-order valence-electron chi connectivity index (χ2n) is 5.04. The van der Waals surface area contributed by atoms with Crippen LogP contribution in [0, 0.1) is 17.0 Å². The van der Waals surface area contributed by atoms with Crippen molar-refractivity contribution in [2.24, 2.45) is 5.41 Å². The van der Waals surface area contributed by atoms with Gasteiger partial charge in [0.05, 0.1) is 15.6 Å². The Hall–Kier alpha value is -0.480. The molecule has 16 heavy (non-hydrogen) atoms. The normalized spacial score (nSPS) is 16.0. The van der Waals surface area contributed by atoms with E-state index in [0.717, 1.165) is 6.07 Å². The van der Waals surface area contributed by atoms with Crippen LogP contribution in [0.2, 0.25) is 0 Å². The Morgan fingerprint density at radius 2 is 1.62 bits per heavy atom. The molecule has 1 unspecified atom stereocenters. The van der Waals surface area contributed by atoms with E-state index in [9.17, 15) is 13.9 Å². The molecule has 0 heterocycles. The van der Waals surface area contributed by atoms with Crippen molar-refractivity contribution >= 4 is 15.9 Å². The number of rotatable bonds is 1. The monoisotopic (exact) mass is 292 g/mol. The molecule has 4 heteroatoms. The van der Waals surface area contributed by atoms with Gasteiger partial charge in [0.2, 0.25) is 0 Å². The second kappa shape index (κ2) is 4.08. The van der Waals surface area contributed by atoms with Gasteiger partial charge in [0.25, 0.3) is 0 Å². The highest BCUT2D eigenvalue weighted by Gasteiger charge is 2.41. The summed E-state index contributed by atoms with van der Waals surface area (Å²) in [7, 11) is 0. The van der Waals surface area contributed by atoms with Crippen LogP contribution >= 0.6 is 15.9 Å². The summed E-state index contributed by atoms with van der Waals surface area (Å²) in [5.74, 6) is -1.49. The maximum absolute atomic E-state index is 13.8. The van der Waals surface area contributed by atoms with Gasteiger partial charge in [-0.3, -0.25) is 0 Å². The maximum atomic E-state index is 13.8. The summed E-state index contributed by atoms with van der Waals surface area (Å²) in [5.41, 5.74) is -2.55. The molecule has 0 radical (unpaired) electrons. The molecule has 0 aliphatic rings. The largest absolute Gasteiger partial charge is 0.385 e. The first-order valence-electron chi connectivity index (χ1n) is 4.95. The van der Waals surface area contributed by atoms with Crippen molar-refractivity contribution in [3.05, 3.63) is 33.8 Å². The van der Waals surface area contributed by atoms with Crippen molar-refractivity contribution in [2.75, 3.05) is 0 Å². The standard InChI is InChI=1S/C12H15BrF2O/c1-11(2,3)12(4,16)9-8(14)6-5-7(13)10(9)15/h5-6,16H,1-4H3. The molecule has 1 atom stereocenters. The molecule has 0 fully saturated rings. The van der Waals surface area contributed by atoms with Gasteiger partial charge in [-0.2, -0.15) is 0 Å². The molecule has 1 aromatic rings. The fourth-order valence-corrected chi connectivity index (χ4v) is 1.68. The maximum Gasteiger partial charge on any atom is 0.146 e. The van der Waals surface area contributed by atoms with Crippen LogP contribution in [0.15, 0.2) is 16.6 Å². The smallest absolute Gasteiger partial charge is 0.146 e. The molecular formula is C12H15BrF2O. The van der Waals surface area contributed by atoms with E-state index in [-0.39, 0.29) is 10.0 Å². The number of halogens is 3. The Balaban J connectivity index is 3.50. The van der Waals surface area contributed by atoms with Crippen LogP contribution in [-0.2, 0) is 5.60 Å². The molecule has 0 saturated heterocycles. The van der Waals surface area contributed by atoms with Crippen molar-refractivity contribution in [1.29, 1.82) is 0 Å². The third-order valence-electron chi connectivity index (χ3n) is 2.99. The first-order valence-corrected chi connectivity index (χ1v) is 5.74. The van der Waals surface area contributed by atoms with E-state index in [4.69, 9.17) is 0 Å². The van der Waals surface area contributed by atoms with Crippen LogP contribution in [0.3, 0.4) is 0 Å². The van der Waals surface area contributed by atoms with Crippen LogP contribution in [-0.4, -0.2) is 5.11 Å². The van der Waals surface area contributed by atoms with E-state index >= 15 is 0 Å². The predicted octanol–water partition coefficient (Wildman–Crippen LogP) is 3.98. The molecule has 90 valence electrons. The Labute approximate surface area is 103 Å². The van der Waals surface area contributed by atoms with Crippen LogP contribution in [0.1, 0.15) is 33.3 Å². The minimum atomic E-state index is -1.58. The number of hydrogen-bond donors (Lipinski definition) is 1. The fourth-order valence-electron chi connectivity index (χ4n) is 1.35. The van der Waals surface area contributed by atoms with Crippen molar-refractivity contribution in [3.63, 3.8) is 0 Å². The molecule has 1 rings (SSSR count). The van der Waals surface area contributed by atoms with Gasteiger partial charge in [-0.05, 0) is 40.4 Å². The summed E-state index contributed by atoms with van der Waals surface area (Å²) in [5, 5.41) is 10.3. The third kappa shape index (κ3) is 2.13. The lowest BCUT2D eigenvalue weighted by molar-refractivity contribution is -0.0526. The van der Waals surface area contributed by atoms with E-state index in [2.05, 4.69) is 15.9 Å². The molecule has 0 aliphatic heterocycles. The summed E-state index contributed by atoms with van der Waals surface area (Å²) >= 11 is 2.99. The van der Waals surface area contributed by atoms with Gasteiger partial charge >= 0.3 is 0 Å². The highest BCUT2D eigenvalue weighted by atomic mass is 79.9. The quantitative estimate of drug-likeness (QED) is 0.776. The predicted molar refractivity (Wildman–Crippen MR) is 63.1 cm³/mol. The fraction of sp³-hybridized carbons (Fsp3) is 0.500. The van der Waals surface area contributed by atoms with Crippen molar-refractivity contribution in [3.8, 4) is 0 Å². The van der Waals surface area contributed by atoms with Gasteiger partial charge in [-0.15, -0.1) is 0 Å². The Morgan fingerprint density at radius 1 is 1.12 bits per heavy atom. The highest BCUT2D eigenvalue weighted by Crippen LogP contribution is 2.42. The topological polar surface area (TPSA) is 20.2 Å². The van der Waals surface area contributed by atoms with Crippen molar-refractivity contribution in [2.45, 2.75) is 33.3 Å². The SMILES string of the molecule is CC(C)(C)C(C)(O)c1c(F)ccc(Br)c1F. The first kappa shape index (κ1) is 13.6. The van der Waals surface area contributed by atoms with E-state index in [1.165, 1.54) is 13.0 Å². The average Bonchev–Trinajstić information content (AvgIpc) is 2.10. The lowest BCUT2D eigenvalue weighted by Crippen LogP contribution is -2.38. The van der Waals surface area contributed by atoms with Crippen LogP contribution in [0.5, 0.6) is 0 Å². The highest BCUT2D eigenvalue weighted by molar-refractivity contribution is 9.10. The molecule has 1 N–H and O–H groups in total. The minimum absolute atomic E-state index is 0.147. The van der Waals surface area contributed by atoms with E-state index in [1.807, 2.05) is 0 Å². The lowest BCUT2D eigenvalue weighted by atomic mass is 9.73. The van der Waals surface area contributed by atoms with Crippen LogP contribution in [0.4, 0.5) is 8.78 Å². The molecular weight excluding hydrogens is 278 g/mol. The average molecular weight is 293 g/mol. The van der Waals surface area contributed by atoms with Gasteiger partial charge in [0, 0.05) is 0 Å². The second-order valence-corrected chi connectivity index (χ2v) is 5.89. The van der Waals surface area contributed by atoms with Gasteiger partial charge in [0.1, 0.15) is 11.6 Å². The van der Waals surface area contributed by atoms with Crippen molar-refractivity contribution < 1.29 is 13.9 Å². The Kier molecular flexibility index (Phi) is 3.46. The minimum Gasteiger partial charge on any atom is -0.385 e. The van der Waals surface area contributed by atoms with Crippen LogP contribution in [0.25, 0.3) is 0 Å². The van der Waals surface area contributed by atoms with E-state index in [0.29, 0.717) is 0 Å². The molecule has 0 amide bonds. The molecule has 0 spiro atoms. The van der Waals surface area contributed by atoms with E-state index < -0.39 is 22.7 Å². The summed E-state index contributed by atoms with van der Waals surface area (Å²) in [6.45, 7) is 6.60. The summed E-state index contributed by atoms with van der Waals surface area (Å²) < 4.78 is 27.6. The molecule has 0 saturated carbocycles. The molecule has 0 aromatic heterocycles. The molecule has 0 aliphatic carbocycles. The number of hydrogen-bond acceptors (Lipinski definition) is 1. The summed E-state index contributed by atoms with van der Waals surface area (Å²) in [6.07, 6.45) is 0. The lowest BCUT2D eigenvalue weighted by Gasteiger charge is -2.38. The summed E-state index contributed by atoms with van der Waals surface area (Å²) in [4.78, 5) is 0. The number of aliphatic hydroxyl groups is 1. The first-order chi connectivity index (χ1) is 7.09. The zero-order valence-electron chi connectivity index (χ0n) is 9.74. The Bertz CT molecular complexity index is 408. The van der Waals surface area contributed by atoms with Crippen molar-refractivity contribution in [1.82, 2.24) is 0 Å². The zero-order chi connectivity index (χ0) is 12.7. The molecule has 1 nitrogen and oxygen atoms in total. The zero-order valence-corrected chi connectivity index (χ0v) is 11.3. The third-order valence-corrected chi connectivity index (χ3v) is 3.60. The van der Waals surface area contributed by atoms with Gasteiger partial charge in [0.15, 0.2) is 0 Å². The van der Waals surface area contributed by atoms with Crippen LogP contribution < -0.4 is 0 Å². The Morgan fingerprint density at radius 3 is 2.06 bits per heavy atom. The molecule has 0 bridgehead atoms.